The number of nitrogens with one attached hydrogen (secondary N) is 2. The highest BCUT2D eigenvalue weighted by atomic mass is 32.1. The molecule has 1 atom stereocenters. The molecule has 1 fully saturated rings. The number of ether oxygens (including phenoxy) is 1. The second-order valence-electron chi connectivity index (χ2n) is 7.51. The van der Waals surface area contributed by atoms with Gasteiger partial charge in [0.2, 0.25) is 0 Å². The smallest absolute Gasteiger partial charge is 0.321 e. The van der Waals surface area contributed by atoms with Gasteiger partial charge in [0, 0.05) is 19.6 Å². The number of esters is 1. The van der Waals surface area contributed by atoms with E-state index in [1.54, 1.807) is 11.3 Å². The molecule has 0 aliphatic carbocycles. The number of rotatable bonds is 6. The molecular formula is C20H26N4O4S. The first-order chi connectivity index (χ1) is 13.9. The molecule has 0 radical (unpaired) electrons. The van der Waals surface area contributed by atoms with Gasteiger partial charge < -0.3 is 15.0 Å². The number of nitrogens with zero attached hydrogens (tertiary/aromatic N) is 2. The average Bonchev–Trinajstić information content (AvgIpc) is 3.15. The van der Waals surface area contributed by atoms with Crippen LogP contribution in [-0.4, -0.2) is 49.1 Å². The van der Waals surface area contributed by atoms with Gasteiger partial charge in [-0.2, -0.15) is 0 Å². The third-order valence-electron chi connectivity index (χ3n) is 4.58. The van der Waals surface area contributed by atoms with Gasteiger partial charge in [-0.15, -0.1) is 0 Å². The molecule has 9 heteroatoms. The number of benzene rings is 1. The first-order valence-corrected chi connectivity index (χ1v) is 10.6. The fraction of sp³-hybridized carbons (Fsp3) is 0.500. The van der Waals surface area contributed by atoms with Gasteiger partial charge in [0.25, 0.3) is 5.91 Å². The van der Waals surface area contributed by atoms with E-state index in [1.165, 1.54) is 0 Å². The van der Waals surface area contributed by atoms with Gasteiger partial charge in [-0.3, -0.25) is 14.9 Å². The number of imide groups is 1. The van der Waals surface area contributed by atoms with Crippen molar-refractivity contribution in [2.24, 2.45) is 11.8 Å². The van der Waals surface area contributed by atoms with E-state index in [2.05, 4.69) is 20.5 Å². The molecule has 2 aromatic rings. The second kappa shape index (κ2) is 9.69. The molecule has 3 rings (SSSR count). The number of hydrogen-bond acceptors (Lipinski definition) is 7. The van der Waals surface area contributed by atoms with Crippen LogP contribution in [0.2, 0.25) is 0 Å². The predicted molar refractivity (Wildman–Crippen MR) is 112 cm³/mol. The van der Waals surface area contributed by atoms with E-state index in [0.717, 1.165) is 28.3 Å². The molecule has 3 amide bonds. The SMILES string of the molecule is CC(C)CNC(=O)NC(=O)COC(=O)[C@H]1CCCN(c2nc3ccccc3s2)C1. The quantitative estimate of drug-likeness (QED) is 0.699. The number of piperidine rings is 1. The minimum absolute atomic E-state index is 0.276. The van der Waals surface area contributed by atoms with E-state index in [1.807, 2.05) is 38.1 Å². The van der Waals surface area contributed by atoms with Gasteiger partial charge in [-0.1, -0.05) is 37.3 Å². The lowest BCUT2D eigenvalue weighted by molar-refractivity contribution is -0.152. The summed E-state index contributed by atoms with van der Waals surface area (Å²) in [6, 6.07) is 7.35. The lowest BCUT2D eigenvalue weighted by Crippen LogP contribution is -2.43. The normalized spacial score (nSPS) is 16.7. The monoisotopic (exact) mass is 418 g/mol. The molecule has 1 aromatic carbocycles. The minimum Gasteiger partial charge on any atom is -0.455 e. The number of hydrogen-bond donors (Lipinski definition) is 2. The van der Waals surface area contributed by atoms with Crippen molar-refractivity contribution in [1.82, 2.24) is 15.6 Å². The number of fused-ring (bicyclic) bond motifs is 1. The molecule has 1 aliphatic rings. The summed E-state index contributed by atoms with van der Waals surface area (Å²) in [6.07, 6.45) is 1.55. The zero-order chi connectivity index (χ0) is 20.8. The summed E-state index contributed by atoms with van der Waals surface area (Å²) >= 11 is 1.60. The molecule has 1 aliphatic heterocycles. The van der Waals surface area contributed by atoms with E-state index in [9.17, 15) is 14.4 Å². The van der Waals surface area contributed by atoms with Gasteiger partial charge in [0.1, 0.15) is 0 Å². The Kier molecular flexibility index (Phi) is 7.03. The summed E-state index contributed by atoms with van der Waals surface area (Å²) < 4.78 is 6.25. The van der Waals surface area contributed by atoms with Crippen molar-refractivity contribution >= 4 is 44.6 Å². The largest absolute Gasteiger partial charge is 0.455 e. The molecule has 1 aromatic heterocycles. The molecule has 2 heterocycles. The van der Waals surface area contributed by atoms with Crippen molar-refractivity contribution in [2.75, 3.05) is 31.1 Å². The van der Waals surface area contributed by atoms with E-state index >= 15 is 0 Å². The van der Waals surface area contributed by atoms with Crippen LogP contribution in [0.15, 0.2) is 24.3 Å². The van der Waals surface area contributed by atoms with Crippen LogP contribution in [0, 0.1) is 11.8 Å². The first kappa shape index (κ1) is 21.0. The van der Waals surface area contributed by atoms with E-state index in [0.29, 0.717) is 19.5 Å². The van der Waals surface area contributed by atoms with Crippen LogP contribution in [0.4, 0.5) is 9.93 Å². The molecule has 0 spiro atoms. The summed E-state index contributed by atoms with van der Waals surface area (Å²) in [5, 5.41) is 5.63. The third kappa shape index (κ3) is 5.90. The van der Waals surface area contributed by atoms with Crippen LogP contribution < -0.4 is 15.5 Å². The average molecular weight is 419 g/mol. The highest BCUT2D eigenvalue weighted by molar-refractivity contribution is 7.22. The van der Waals surface area contributed by atoms with Crippen molar-refractivity contribution in [3.63, 3.8) is 0 Å². The third-order valence-corrected chi connectivity index (χ3v) is 5.67. The zero-order valence-electron chi connectivity index (χ0n) is 16.6. The van der Waals surface area contributed by atoms with Crippen LogP contribution in [0.25, 0.3) is 10.2 Å². The number of thiazole rings is 1. The first-order valence-electron chi connectivity index (χ1n) is 9.77. The summed E-state index contributed by atoms with van der Waals surface area (Å²) in [5.41, 5.74) is 0.949. The van der Waals surface area contributed by atoms with E-state index in [-0.39, 0.29) is 11.8 Å². The molecule has 0 saturated carbocycles. The molecule has 29 heavy (non-hydrogen) atoms. The number of carbonyl (C=O) groups is 3. The van der Waals surface area contributed by atoms with Crippen LogP contribution in [0.1, 0.15) is 26.7 Å². The summed E-state index contributed by atoms with van der Waals surface area (Å²) in [4.78, 5) is 42.5. The Labute approximate surface area is 173 Å². The standard InChI is InChI=1S/C20H26N4O4S/c1-13(2)10-21-19(27)23-17(25)12-28-18(26)14-6-5-9-24(11-14)20-22-15-7-3-4-8-16(15)29-20/h3-4,7-8,13-14H,5-6,9-12H2,1-2H3,(H2,21,23,25,27)/t14-/m0/s1. The Hall–Kier alpha value is -2.68. The van der Waals surface area contributed by atoms with Crippen LogP contribution in [0.5, 0.6) is 0 Å². The number of urea groups is 1. The molecule has 0 bridgehead atoms. The van der Waals surface area contributed by atoms with Crippen LogP contribution in [0.3, 0.4) is 0 Å². The summed E-state index contributed by atoms with van der Waals surface area (Å²) in [6.45, 7) is 5.24. The maximum Gasteiger partial charge on any atom is 0.321 e. The molecule has 8 nitrogen and oxygen atoms in total. The van der Waals surface area contributed by atoms with Crippen molar-refractivity contribution in [3.05, 3.63) is 24.3 Å². The number of anilines is 1. The molecule has 2 N–H and O–H groups in total. The number of aromatic nitrogens is 1. The molecular weight excluding hydrogens is 392 g/mol. The van der Waals surface area contributed by atoms with Gasteiger partial charge in [-0.05, 0) is 30.9 Å². The predicted octanol–water partition coefficient (Wildman–Crippen LogP) is 2.54. The van der Waals surface area contributed by atoms with Crippen LogP contribution in [-0.2, 0) is 14.3 Å². The lowest BCUT2D eigenvalue weighted by Gasteiger charge is -2.31. The van der Waals surface area contributed by atoms with Crippen LogP contribution >= 0.6 is 11.3 Å². The number of amides is 3. The highest BCUT2D eigenvalue weighted by Crippen LogP contribution is 2.31. The maximum atomic E-state index is 12.4. The van der Waals surface area contributed by atoms with Crippen molar-refractivity contribution in [1.29, 1.82) is 0 Å². The molecule has 156 valence electrons. The fourth-order valence-corrected chi connectivity index (χ4v) is 4.10. The van der Waals surface area contributed by atoms with E-state index in [4.69, 9.17) is 4.74 Å². The van der Waals surface area contributed by atoms with E-state index < -0.39 is 24.5 Å². The minimum atomic E-state index is -0.640. The Morgan fingerprint density at radius 2 is 2.10 bits per heavy atom. The van der Waals surface area contributed by atoms with Gasteiger partial charge in [-0.25, -0.2) is 9.78 Å². The lowest BCUT2D eigenvalue weighted by atomic mass is 9.99. The Morgan fingerprint density at radius 3 is 2.86 bits per heavy atom. The molecule has 0 unspecified atom stereocenters. The van der Waals surface area contributed by atoms with Crippen molar-refractivity contribution in [3.8, 4) is 0 Å². The van der Waals surface area contributed by atoms with Gasteiger partial charge >= 0.3 is 12.0 Å². The maximum absolute atomic E-state index is 12.4. The van der Waals surface area contributed by atoms with Crippen molar-refractivity contribution < 1.29 is 19.1 Å². The summed E-state index contributed by atoms with van der Waals surface area (Å²) in [7, 11) is 0. The van der Waals surface area contributed by atoms with Gasteiger partial charge in [0.15, 0.2) is 11.7 Å². The number of para-hydroxylation sites is 1. The van der Waals surface area contributed by atoms with Crippen molar-refractivity contribution in [2.45, 2.75) is 26.7 Å². The number of carbonyl (C=O) groups excluding carboxylic acids is 3. The Morgan fingerprint density at radius 1 is 1.31 bits per heavy atom. The fourth-order valence-electron chi connectivity index (χ4n) is 3.10. The Balaban J connectivity index is 1.48. The highest BCUT2D eigenvalue weighted by Gasteiger charge is 2.29. The van der Waals surface area contributed by atoms with Gasteiger partial charge in [0.05, 0.1) is 16.1 Å². The topological polar surface area (TPSA) is 101 Å². The molecule has 1 saturated heterocycles. The Bertz CT molecular complexity index is 849. The second-order valence-corrected chi connectivity index (χ2v) is 8.52. The summed E-state index contributed by atoms with van der Waals surface area (Å²) in [5.74, 6) is -1.11. The zero-order valence-corrected chi connectivity index (χ0v) is 17.5.